The maximum atomic E-state index is 12.4. The molecule has 0 radical (unpaired) electrons. The van der Waals surface area contributed by atoms with Gasteiger partial charge in [-0.1, -0.05) is 23.4 Å². The lowest BCUT2D eigenvalue weighted by atomic mass is 10.1. The molecule has 3 aromatic rings. The van der Waals surface area contributed by atoms with E-state index in [0.717, 1.165) is 6.26 Å². The van der Waals surface area contributed by atoms with Gasteiger partial charge in [0.25, 0.3) is 5.89 Å². The first kappa shape index (κ1) is 19.6. The molecule has 1 heterocycles. The van der Waals surface area contributed by atoms with E-state index >= 15 is 0 Å². The summed E-state index contributed by atoms with van der Waals surface area (Å²) < 4.78 is 39.0. The van der Waals surface area contributed by atoms with E-state index in [-0.39, 0.29) is 23.0 Å². The van der Waals surface area contributed by atoms with Crippen molar-refractivity contribution in [3.63, 3.8) is 0 Å². The highest BCUT2D eigenvalue weighted by molar-refractivity contribution is 7.90. The van der Waals surface area contributed by atoms with Crippen LogP contribution in [0.2, 0.25) is 0 Å². The summed E-state index contributed by atoms with van der Waals surface area (Å²) in [6.45, 7) is 1.44. The van der Waals surface area contributed by atoms with E-state index in [1.165, 1.54) is 19.2 Å². The van der Waals surface area contributed by atoms with E-state index in [1.54, 1.807) is 25.1 Å². The number of nitrogens with zero attached hydrogens (tertiary/aromatic N) is 2. The van der Waals surface area contributed by atoms with Crippen molar-refractivity contribution in [3.8, 4) is 17.1 Å². The molecule has 2 aromatic carbocycles. The predicted octanol–water partition coefficient (Wildman–Crippen LogP) is 2.81. The van der Waals surface area contributed by atoms with E-state index in [2.05, 4.69) is 10.1 Å². The number of aryl methyl sites for hydroxylation is 1. The van der Waals surface area contributed by atoms with Crippen molar-refractivity contribution in [1.29, 1.82) is 0 Å². The van der Waals surface area contributed by atoms with E-state index in [0.29, 0.717) is 22.7 Å². The van der Waals surface area contributed by atoms with Gasteiger partial charge in [-0.3, -0.25) is 0 Å². The zero-order valence-corrected chi connectivity index (χ0v) is 16.3. The molecular weight excluding hydrogens is 384 g/mol. The standard InChI is InChI=1S/C19H18N2O6S/c1-12-8-9-13(28(3,23)24)10-15(12)19(22)26-11-17-20-18(21-27-17)14-6-4-5-7-16(14)25-2/h4-10H,11H2,1-3H3. The van der Waals surface area contributed by atoms with Crippen LogP contribution in [0.15, 0.2) is 51.9 Å². The Morgan fingerprint density at radius 1 is 1.18 bits per heavy atom. The van der Waals surface area contributed by atoms with Crippen LogP contribution < -0.4 is 4.74 Å². The molecule has 3 rings (SSSR count). The molecule has 0 saturated heterocycles. The molecule has 0 aliphatic carbocycles. The lowest BCUT2D eigenvalue weighted by Gasteiger charge is -2.07. The maximum absolute atomic E-state index is 12.4. The first-order valence-corrected chi connectivity index (χ1v) is 10.1. The quantitative estimate of drug-likeness (QED) is 0.579. The number of benzene rings is 2. The molecule has 146 valence electrons. The highest BCUT2D eigenvalue weighted by Gasteiger charge is 2.18. The minimum atomic E-state index is -3.44. The van der Waals surface area contributed by atoms with Gasteiger partial charge in [0, 0.05) is 6.26 Å². The molecule has 28 heavy (non-hydrogen) atoms. The first-order chi connectivity index (χ1) is 13.3. The Morgan fingerprint density at radius 2 is 1.93 bits per heavy atom. The third-order valence-corrected chi connectivity index (χ3v) is 5.11. The normalized spacial score (nSPS) is 11.2. The Labute approximate surface area is 162 Å². The van der Waals surface area contributed by atoms with Gasteiger partial charge in [0.2, 0.25) is 5.82 Å². The van der Waals surface area contributed by atoms with Crippen molar-refractivity contribution in [1.82, 2.24) is 10.1 Å². The molecule has 1 aromatic heterocycles. The van der Waals surface area contributed by atoms with Crippen molar-refractivity contribution in [3.05, 3.63) is 59.5 Å². The van der Waals surface area contributed by atoms with Gasteiger partial charge in [0.05, 0.1) is 23.1 Å². The molecule has 0 amide bonds. The number of rotatable bonds is 6. The average molecular weight is 402 g/mol. The Kier molecular flexibility index (Phi) is 5.46. The number of methoxy groups -OCH3 is 1. The zero-order chi connectivity index (χ0) is 20.3. The molecule has 0 saturated carbocycles. The van der Waals surface area contributed by atoms with Gasteiger partial charge in [0.15, 0.2) is 16.4 Å². The zero-order valence-electron chi connectivity index (χ0n) is 15.5. The minimum Gasteiger partial charge on any atom is -0.496 e. The maximum Gasteiger partial charge on any atom is 0.338 e. The molecule has 0 atom stereocenters. The monoisotopic (exact) mass is 402 g/mol. The van der Waals surface area contributed by atoms with Crippen LogP contribution in [0.3, 0.4) is 0 Å². The Morgan fingerprint density at radius 3 is 2.64 bits per heavy atom. The van der Waals surface area contributed by atoms with Gasteiger partial charge >= 0.3 is 5.97 Å². The Balaban J connectivity index is 1.75. The number of esters is 1. The molecule has 0 unspecified atom stereocenters. The van der Waals surface area contributed by atoms with Crippen LogP contribution in [0.25, 0.3) is 11.4 Å². The number of sulfone groups is 1. The van der Waals surface area contributed by atoms with Crippen LogP contribution in [0, 0.1) is 6.92 Å². The van der Waals surface area contributed by atoms with E-state index in [1.807, 2.05) is 12.1 Å². The van der Waals surface area contributed by atoms with Crippen LogP contribution in [-0.4, -0.2) is 37.9 Å². The SMILES string of the molecule is COc1ccccc1-c1noc(COC(=O)c2cc(S(C)(=O)=O)ccc2C)n1. The van der Waals surface area contributed by atoms with Crippen molar-refractivity contribution in [2.24, 2.45) is 0 Å². The highest BCUT2D eigenvalue weighted by atomic mass is 32.2. The third-order valence-electron chi connectivity index (χ3n) is 4.00. The van der Waals surface area contributed by atoms with Crippen LogP contribution in [0.5, 0.6) is 5.75 Å². The van der Waals surface area contributed by atoms with Gasteiger partial charge in [-0.2, -0.15) is 4.98 Å². The number of hydrogen-bond acceptors (Lipinski definition) is 8. The molecular formula is C19H18N2O6S. The van der Waals surface area contributed by atoms with Gasteiger partial charge in [-0.25, -0.2) is 13.2 Å². The van der Waals surface area contributed by atoms with Crippen LogP contribution in [0.4, 0.5) is 0 Å². The van der Waals surface area contributed by atoms with Crippen molar-refractivity contribution in [2.45, 2.75) is 18.4 Å². The number of aromatic nitrogens is 2. The molecule has 9 heteroatoms. The summed E-state index contributed by atoms with van der Waals surface area (Å²) in [6.07, 6.45) is 1.07. The average Bonchev–Trinajstić information content (AvgIpc) is 3.14. The van der Waals surface area contributed by atoms with Gasteiger partial charge in [0.1, 0.15) is 5.75 Å². The van der Waals surface area contributed by atoms with Crippen molar-refractivity contribution < 1.29 is 27.2 Å². The third kappa shape index (κ3) is 4.20. The Hall–Kier alpha value is -3.20. The van der Waals surface area contributed by atoms with Crippen LogP contribution in [-0.2, 0) is 21.2 Å². The summed E-state index contributed by atoms with van der Waals surface area (Å²) in [4.78, 5) is 16.6. The van der Waals surface area contributed by atoms with Gasteiger partial charge in [-0.05, 0) is 36.8 Å². The number of carbonyl (C=O) groups excluding carboxylic acids is 1. The lowest BCUT2D eigenvalue weighted by Crippen LogP contribution is -2.09. The number of hydrogen-bond donors (Lipinski definition) is 0. The molecule has 0 bridgehead atoms. The molecule has 0 aliphatic rings. The first-order valence-electron chi connectivity index (χ1n) is 8.23. The smallest absolute Gasteiger partial charge is 0.338 e. The second-order valence-electron chi connectivity index (χ2n) is 6.04. The number of ether oxygens (including phenoxy) is 2. The van der Waals surface area contributed by atoms with Crippen LogP contribution >= 0.6 is 0 Å². The predicted molar refractivity (Wildman–Crippen MR) is 99.7 cm³/mol. The number of para-hydroxylation sites is 1. The lowest BCUT2D eigenvalue weighted by molar-refractivity contribution is 0.0428. The summed E-state index contributed by atoms with van der Waals surface area (Å²) in [5, 5.41) is 3.87. The Bertz CT molecular complexity index is 1120. The second kappa shape index (κ2) is 7.81. The minimum absolute atomic E-state index is 0.0429. The summed E-state index contributed by atoms with van der Waals surface area (Å²) in [5.41, 5.74) is 1.40. The van der Waals surface area contributed by atoms with Crippen molar-refractivity contribution in [2.75, 3.05) is 13.4 Å². The molecule has 0 spiro atoms. The highest BCUT2D eigenvalue weighted by Crippen LogP contribution is 2.27. The van der Waals surface area contributed by atoms with Crippen LogP contribution in [0.1, 0.15) is 21.8 Å². The summed E-state index contributed by atoms with van der Waals surface area (Å²) in [5.74, 6) is 0.310. The van der Waals surface area contributed by atoms with E-state index in [9.17, 15) is 13.2 Å². The molecule has 0 fully saturated rings. The fraction of sp³-hybridized carbons (Fsp3) is 0.211. The summed E-state index contributed by atoms with van der Waals surface area (Å²) in [6, 6.07) is 11.5. The van der Waals surface area contributed by atoms with Gasteiger partial charge in [-0.15, -0.1) is 0 Å². The van der Waals surface area contributed by atoms with E-state index in [4.69, 9.17) is 14.0 Å². The summed E-state index contributed by atoms with van der Waals surface area (Å²) in [7, 11) is -1.90. The topological polar surface area (TPSA) is 109 Å². The molecule has 8 nitrogen and oxygen atoms in total. The second-order valence-corrected chi connectivity index (χ2v) is 8.05. The largest absolute Gasteiger partial charge is 0.496 e. The fourth-order valence-corrected chi connectivity index (χ4v) is 3.16. The van der Waals surface area contributed by atoms with Crippen molar-refractivity contribution >= 4 is 15.8 Å². The fourth-order valence-electron chi connectivity index (χ4n) is 2.51. The number of carbonyl (C=O) groups is 1. The van der Waals surface area contributed by atoms with Gasteiger partial charge < -0.3 is 14.0 Å². The molecule has 0 aliphatic heterocycles. The molecule has 0 N–H and O–H groups in total. The summed E-state index contributed by atoms with van der Waals surface area (Å²) >= 11 is 0. The van der Waals surface area contributed by atoms with E-state index < -0.39 is 15.8 Å².